The Morgan fingerprint density at radius 3 is 2.46 bits per heavy atom. The van der Waals surface area contributed by atoms with E-state index >= 15 is 0 Å². The molecule has 0 fully saturated rings. The number of rotatable bonds is 0. The minimum Gasteiger partial charge on any atom is -0.305 e. The summed E-state index contributed by atoms with van der Waals surface area (Å²) in [6, 6.07) is 4.05. The third-order valence-corrected chi connectivity index (χ3v) is 2.46. The molecule has 0 aliphatic carbocycles. The van der Waals surface area contributed by atoms with Gasteiger partial charge in [0.25, 0.3) is 0 Å². The van der Waals surface area contributed by atoms with E-state index in [1.165, 1.54) is 0 Å². The zero-order chi connectivity index (χ0) is 9.59. The molecular formula is C10H12N2O. The predicted molar refractivity (Wildman–Crippen MR) is 53.0 cm³/mol. The van der Waals surface area contributed by atoms with Gasteiger partial charge < -0.3 is 4.98 Å². The highest BCUT2D eigenvalue weighted by atomic mass is 16.1. The lowest BCUT2D eigenvalue weighted by molar-refractivity contribution is 0.889. The molecule has 1 N–H and O–H groups in total. The van der Waals surface area contributed by atoms with Gasteiger partial charge in [-0.25, -0.2) is 4.79 Å². The number of hydrogen-bond acceptors (Lipinski definition) is 1. The average molecular weight is 176 g/mol. The minimum absolute atomic E-state index is 0.0487. The van der Waals surface area contributed by atoms with Gasteiger partial charge in [-0.05, 0) is 25.0 Å². The summed E-state index contributed by atoms with van der Waals surface area (Å²) in [5.74, 6) is 0. The first-order valence-electron chi connectivity index (χ1n) is 4.26. The van der Waals surface area contributed by atoms with Crippen LogP contribution in [0.2, 0.25) is 0 Å². The van der Waals surface area contributed by atoms with Gasteiger partial charge in [0.2, 0.25) is 0 Å². The normalized spacial score (nSPS) is 11.0. The first-order chi connectivity index (χ1) is 6.11. The van der Waals surface area contributed by atoms with E-state index in [9.17, 15) is 4.79 Å². The molecule has 3 heteroatoms. The quantitative estimate of drug-likeness (QED) is 0.648. The molecule has 0 aliphatic heterocycles. The van der Waals surface area contributed by atoms with E-state index in [1.807, 2.05) is 26.0 Å². The second kappa shape index (κ2) is 2.49. The van der Waals surface area contributed by atoms with Crippen LogP contribution in [-0.2, 0) is 7.05 Å². The van der Waals surface area contributed by atoms with E-state index in [4.69, 9.17) is 0 Å². The largest absolute Gasteiger partial charge is 0.326 e. The van der Waals surface area contributed by atoms with Crippen LogP contribution in [0.3, 0.4) is 0 Å². The van der Waals surface area contributed by atoms with Crippen molar-refractivity contribution in [2.24, 2.45) is 7.05 Å². The van der Waals surface area contributed by atoms with Crippen LogP contribution >= 0.6 is 0 Å². The van der Waals surface area contributed by atoms with Gasteiger partial charge in [0.1, 0.15) is 0 Å². The average Bonchev–Trinajstić information content (AvgIpc) is 2.38. The van der Waals surface area contributed by atoms with Crippen LogP contribution in [0.4, 0.5) is 0 Å². The Hall–Kier alpha value is -1.51. The fourth-order valence-electron chi connectivity index (χ4n) is 1.68. The van der Waals surface area contributed by atoms with Crippen molar-refractivity contribution in [3.63, 3.8) is 0 Å². The van der Waals surface area contributed by atoms with Crippen LogP contribution in [-0.4, -0.2) is 9.55 Å². The molecular weight excluding hydrogens is 164 g/mol. The second-order valence-corrected chi connectivity index (χ2v) is 3.41. The Morgan fingerprint density at radius 1 is 1.23 bits per heavy atom. The van der Waals surface area contributed by atoms with Crippen LogP contribution < -0.4 is 5.69 Å². The summed E-state index contributed by atoms with van der Waals surface area (Å²) in [5.41, 5.74) is 4.14. The molecule has 2 rings (SSSR count). The number of aromatic amines is 1. The molecule has 0 unspecified atom stereocenters. The van der Waals surface area contributed by atoms with Crippen LogP contribution in [0.25, 0.3) is 11.0 Å². The number of H-pyrrole nitrogens is 1. The topological polar surface area (TPSA) is 37.8 Å². The molecule has 1 heterocycles. The Balaban J connectivity index is 3.09. The number of fused-ring (bicyclic) bond motifs is 1. The number of benzene rings is 1. The fraction of sp³-hybridized carbons (Fsp3) is 0.300. The van der Waals surface area contributed by atoms with E-state index in [0.717, 1.165) is 22.2 Å². The van der Waals surface area contributed by atoms with Crippen molar-refractivity contribution >= 4 is 11.0 Å². The number of hydrogen-bond donors (Lipinski definition) is 1. The van der Waals surface area contributed by atoms with E-state index in [0.29, 0.717) is 0 Å². The monoisotopic (exact) mass is 176 g/mol. The molecule has 0 radical (unpaired) electrons. The van der Waals surface area contributed by atoms with Gasteiger partial charge in [-0.15, -0.1) is 0 Å². The maximum absolute atomic E-state index is 11.4. The predicted octanol–water partition coefficient (Wildman–Crippen LogP) is 1.48. The Labute approximate surface area is 76.0 Å². The van der Waals surface area contributed by atoms with Crippen LogP contribution in [0, 0.1) is 13.8 Å². The Bertz CT molecular complexity index is 519. The molecule has 68 valence electrons. The summed E-state index contributed by atoms with van der Waals surface area (Å²) >= 11 is 0. The summed E-state index contributed by atoms with van der Waals surface area (Å²) in [7, 11) is 1.79. The van der Waals surface area contributed by atoms with Crippen molar-refractivity contribution < 1.29 is 0 Å². The number of aromatic nitrogens is 2. The van der Waals surface area contributed by atoms with Crippen LogP contribution in [0.15, 0.2) is 16.9 Å². The van der Waals surface area contributed by atoms with Gasteiger partial charge in [-0.2, -0.15) is 0 Å². The molecule has 0 amide bonds. The summed E-state index contributed by atoms with van der Waals surface area (Å²) < 4.78 is 1.65. The summed E-state index contributed by atoms with van der Waals surface area (Å²) in [6.07, 6.45) is 0. The summed E-state index contributed by atoms with van der Waals surface area (Å²) in [5, 5.41) is 0. The molecule has 0 spiro atoms. The third kappa shape index (κ3) is 1.00. The van der Waals surface area contributed by atoms with Crippen LogP contribution in [0.1, 0.15) is 11.1 Å². The van der Waals surface area contributed by atoms with E-state index in [2.05, 4.69) is 4.98 Å². The lowest BCUT2D eigenvalue weighted by Gasteiger charge is -2.00. The molecule has 1 aromatic carbocycles. The zero-order valence-electron chi connectivity index (χ0n) is 8.01. The van der Waals surface area contributed by atoms with Crippen molar-refractivity contribution in [2.75, 3.05) is 0 Å². The second-order valence-electron chi connectivity index (χ2n) is 3.41. The third-order valence-electron chi connectivity index (χ3n) is 2.46. The molecule has 0 aliphatic rings. The van der Waals surface area contributed by atoms with Gasteiger partial charge in [0.15, 0.2) is 0 Å². The first-order valence-corrected chi connectivity index (χ1v) is 4.26. The summed E-state index contributed by atoms with van der Waals surface area (Å²) in [6.45, 7) is 4.01. The van der Waals surface area contributed by atoms with Gasteiger partial charge in [-0.3, -0.25) is 4.57 Å². The van der Waals surface area contributed by atoms with E-state index in [-0.39, 0.29) is 5.69 Å². The fourth-order valence-corrected chi connectivity index (χ4v) is 1.68. The molecule has 0 saturated heterocycles. The van der Waals surface area contributed by atoms with Gasteiger partial charge >= 0.3 is 5.69 Å². The van der Waals surface area contributed by atoms with Crippen molar-refractivity contribution in [2.45, 2.75) is 13.8 Å². The van der Waals surface area contributed by atoms with Crippen molar-refractivity contribution in [1.82, 2.24) is 9.55 Å². The zero-order valence-corrected chi connectivity index (χ0v) is 8.01. The number of nitrogens with zero attached hydrogens (tertiary/aromatic N) is 1. The van der Waals surface area contributed by atoms with E-state index < -0.39 is 0 Å². The number of imidazole rings is 1. The smallest absolute Gasteiger partial charge is 0.305 e. The molecule has 0 bridgehead atoms. The van der Waals surface area contributed by atoms with Crippen molar-refractivity contribution in [3.05, 3.63) is 33.7 Å². The van der Waals surface area contributed by atoms with Crippen molar-refractivity contribution in [1.29, 1.82) is 0 Å². The lowest BCUT2D eigenvalue weighted by Crippen LogP contribution is -2.12. The number of nitrogens with one attached hydrogen (secondary N) is 1. The lowest BCUT2D eigenvalue weighted by atomic mass is 10.1. The molecule has 13 heavy (non-hydrogen) atoms. The maximum Gasteiger partial charge on any atom is 0.326 e. The maximum atomic E-state index is 11.4. The van der Waals surface area contributed by atoms with Gasteiger partial charge in [0.05, 0.1) is 11.0 Å². The molecule has 1 aromatic heterocycles. The Morgan fingerprint density at radius 2 is 1.85 bits per heavy atom. The highest BCUT2D eigenvalue weighted by Crippen LogP contribution is 2.17. The molecule has 2 aromatic rings. The van der Waals surface area contributed by atoms with Crippen LogP contribution in [0.5, 0.6) is 0 Å². The molecule has 0 saturated carbocycles. The first kappa shape index (κ1) is 8.10. The number of aryl methyl sites for hydroxylation is 3. The van der Waals surface area contributed by atoms with Gasteiger partial charge in [-0.1, -0.05) is 12.1 Å². The van der Waals surface area contributed by atoms with Crippen molar-refractivity contribution in [3.8, 4) is 0 Å². The molecule has 3 nitrogen and oxygen atoms in total. The standard InChI is InChI=1S/C10H12N2O/c1-6-4-5-7(2)9-8(6)11-10(13)12(9)3/h4-5H,1-3H3,(H,11,13). The summed E-state index contributed by atoms with van der Waals surface area (Å²) in [4.78, 5) is 14.2. The highest BCUT2D eigenvalue weighted by molar-refractivity contribution is 5.81. The van der Waals surface area contributed by atoms with Gasteiger partial charge in [0, 0.05) is 7.05 Å². The molecule has 0 atom stereocenters. The Kier molecular flexibility index (Phi) is 1.55. The SMILES string of the molecule is Cc1ccc(C)c2c1[nH]c(=O)n2C. The van der Waals surface area contributed by atoms with E-state index in [1.54, 1.807) is 11.6 Å². The highest BCUT2D eigenvalue weighted by Gasteiger charge is 2.06. The minimum atomic E-state index is -0.0487.